The van der Waals surface area contributed by atoms with E-state index >= 15 is 0 Å². The summed E-state index contributed by atoms with van der Waals surface area (Å²) in [6.07, 6.45) is -0.289. The van der Waals surface area contributed by atoms with Gasteiger partial charge in [-0.15, -0.1) is 11.3 Å². The number of methoxy groups -OCH3 is 1. The molecule has 2 aromatic rings. The van der Waals surface area contributed by atoms with Crippen molar-refractivity contribution in [3.05, 3.63) is 57.5 Å². The molecule has 0 aliphatic rings. The molecule has 2 N–H and O–H groups in total. The summed E-state index contributed by atoms with van der Waals surface area (Å²) in [5.74, 6) is -1.85. The van der Waals surface area contributed by atoms with E-state index in [0.29, 0.717) is 17.0 Å². The Morgan fingerprint density at radius 3 is 2.61 bits per heavy atom. The monoisotopic (exact) mass is 337 g/mol. The van der Waals surface area contributed by atoms with Gasteiger partial charge >= 0.3 is 5.97 Å². The molecule has 1 unspecified atom stereocenters. The van der Waals surface area contributed by atoms with E-state index in [4.69, 9.17) is 9.84 Å². The molecule has 0 aliphatic heterocycles. The number of halogens is 1. The Balaban J connectivity index is 2.19. The van der Waals surface area contributed by atoms with Crippen molar-refractivity contribution < 1.29 is 23.8 Å². The van der Waals surface area contributed by atoms with Crippen LogP contribution in [0.5, 0.6) is 0 Å². The van der Waals surface area contributed by atoms with Crippen molar-refractivity contribution in [2.24, 2.45) is 0 Å². The number of carbonyl (C=O) groups is 2. The third kappa shape index (κ3) is 4.61. The molecule has 0 bridgehead atoms. The van der Waals surface area contributed by atoms with Crippen molar-refractivity contribution in [2.45, 2.75) is 19.1 Å². The first-order valence-corrected chi connectivity index (χ1v) is 7.72. The van der Waals surface area contributed by atoms with Crippen molar-refractivity contribution in [1.82, 2.24) is 5.32 Å². The van der Waals surface area contributed by atoms with Crippen molar-refractivity contribution in [3.63, 3.8) is 0 Å². The Kier molecular flexibility index (Phi) is 5.84. The summed E-state index contributed by atoms with van der Waals surface area (Å²) in [4.78, 5) is 23.9. The maximum atomic E-state index is 13.0. The molecule has 2 rings (SSSR count). The zero-order valence-electron chi connectivity index (χ0n) is 12.4. The van der Waals surface area contributed by atoms with Gasteiger partial charge in [0.05, 0.1) is 23.9 Å². The fourth-order valence-electron chi connectivity index (χ4n) is 2.15. The van der Waals surface area contributed by atoms with Crippen LogP contribution >= 0.6 is 11.3 Å². The van der Waals surface area contributed by atoms with Gasteiger partial charge < -0.3 is 15.2 Å². The second-order valence-electron chi connectivity index (χ2n) is 4.88. The van der Waals surface area contributed by atoms with Crippen LogP contribution in [0.4, 0.5) is 4.39 Å². The van der Waals surface area contributed by atoms with Gasteiger partial charge in [-0.1, -0.05) is 12.1 Å². The summed E-state index contributed by atoms with van der Waals surface area (Å²) in [5, 5.41) is 13.5. The number of carboxylic acid groups (broad SMARTS) is 1. The number of carboxylic acids is 1. The number of hydrogen-bond acceptors (Lipinski definition) is 4. The summed E-state index contributed by atoms with van der Waals surface area (Å²) in [6.45, 7) is 0.298. The van der Waals surface area contributed by atoms with E-state index in [1.165, 1.54) is 42.7 Å². The maximum Gasteiger partial charge on any atom is 0.305 e. The highest BCUT2D eigenvalue weighted by Gasteiger charge is 2.21. The van der Waals surface area contributed by atoms with Crippen molar-refractivity contribution in [1.29, 1.82) is 0 Å². The molecule has 1 amide bonds. The highest BCUT2D eigenvalue weighted by atomic mass is 32.1. The topological polar surface area (TPSA) is 75.6 Å². The molecule has 1 heterocycles. The van der Waals surface area contributed by atoms with E-state index in [-0.39, 0.29) is 12.3 Å². The number of benzene rings is 1. The summed E-state index contributed by atoms with van der Waals surface area (Å²) >= 11 is 1.26. The number of nitrogens with one attached hydrogen (secondary N) is 1. The van der Waals surface area contributed by atoms with Crippen LogP contribution in [-0.4, -0.2) is 24.1 Å². The lowest BCUT2D eigenvalue weighted by Gasteiger charge is -2.17. The zero-order chi connectivity index (χ0) is 16.8. The predicted molar refractivity (Wildman–Crippen MR) is 83.9 cm³/mol. The minimum atomic E-state index is -1.05. The fourth-order valence-corrected chi connectivity index (χ4v) is 2.96. The van der Waals surface area contributed by atoms with Gasteiger partial charge in [0, 0.05) is 12.7 Å². The smallest absolute Gasteiger partial charge is 0.305 e. The summed E-state index contributed by atoms with van der Waals surface area (Å²) in [5.41, 5.74) is 1.27. The van der Waals surface area contributed by atoms with Crippen molar-refractivity contribution in [3.8, 4) is 0 Å². The predicted octanol–water partition coefficient (Wildman–Crippen LogP) is 2.98. The standard InChI is InChI=1S/C16H16FNO4S/c1-22-9-11-6-7-23-15(11)16(21)18-13(8-14(19)20)10-2-4-12(17)5-3-10/h2-7,13H,8-9H2,1H3,(H,18,21)(H,19,20). The van der Waals surface area contributed by atoms with E-state index < -0.39 is 17.8 Å². The summed E-state index contributed by atoms with van der Waals surface area (Å²) < 4.78 is 18.1. The average Bonchev–Trinajstić information content (AvgIpc) is 2.95. The van der Waals surface area contributed by atoms with Gasteiger partial charge in [0.25, 0.3) is 5.91 Å². The highest BCUT2D eigenvalue weighted by Crippen LogP contribution is 2.22. The number of rotatable bonds is 7. The van der Waals surface area contributed by atoms with Crippen LogP contribution in [0, 0.1) is 5.82 Å². The molecule has 1 aromatic heterocycles. The fraction of sp³-hybridized carbons (Fsp3) is 0.250. The molecule has 0 saturated heterocycles. The van der Waals surface area contributed by atoms with Crippen LogP contribution in [0.15, 0.2) is 35.7 Å². The second-order valence-corrected chi connectivity index (χ2v) is 5.80. The lowest BCUT2D eigenvalue weighted by atomic mass is 10.0. The molecule has 0 saturated carbocycles. The van der Waals surface area contributed by atoms with Gasteiger partial charge in [0.2, 0.25) is 0 Å². The van der Waals surface area contributed by atoms with Gasteiger partial charge in [0.1, 0.15) is 5.82 Å². The highest BCUT2D eigenvalue weighted by molar-refractivity contribution is 7.12. The molecule has 7 heteroatoms. The van der Waals surface area contributed by atoms with Crippen LogP contribution in [-0.2, 0) is 16.1 Å². The number of thiophene rings is 1. The average molecular weight is 337 g/mol. The summed E-state index contributed by atoms with van der Waals surface area (Å²) in [7, 11) is 1.53. The normalized spacial score (nSPS) is 11.9. The lowest BCUT2D eigenvalue weighted by molar-refractivity contribution is -0.137. The Morgan fingerprint density at radius 2 is 2.00 bits per heavy atom. The van der Waals surface area contributed by atoms with Crippen molar-refractivity contribution in [2.75, 3.05) is 7.11 Å². The van der Waals surface area contributed by atoms with Crippen LogP contribution in [0.2, 0.25) is 0 Å². The SMILES string of the molecule is COCc1ccsc1C(=O)NC(CC(=O)O)c1ccc(F)cc1. The van der Waals surface area contributed by atoms with Crippen LogP contribution in [0.1, 0.15) is 33.3 Å². The molecule has 0 fully saturated rings. The first-order chi connectivity index (χ1) is 11.0. The molecule has 122 valence electrons. The van der Waals surface area contributed by atoms with Gasteiger partial charge in [-0.3, -0.25) is 9.59 Å². The molecule has 23 heavy (non-hydrogen) atoms. The molecule has 1 atom stereocenters. The number of amides is 1. The Bertz CT molecular complexity index is 684. The number of hydrogen-bond donors (Lipinski definition) is 2. The third-order valence-electron chi connectivity index (χ3n) is 3.21. The Morgan fingerprint density at radius 1 is 1.30 bits per heavy atom. The largest absolute Gasteiger partial charge is 0.481 e. The molecule has 5 nitrogen and oxygen atoms in total. The van der Waals surface area contributed by atoms with E-state index in [1.54, 1.807) is 11.4 Å². The van der Waals surface area contributed by atoms with Gasteiger partial charge in [-0.2, -0.15) is 0 Å². The van der Waals surface area contributed by atoms with Gasteiger partial charge in [0.15, 0.2) is 0 Å². The minimum absolute atomic E-state index is 0.289. The first kappa shape index (κ1) is 17.1. The van der Waals surface area contributed by atoms with Gasteiger partial charge in [-0.05, 0) is 29.1 Å². The minimum Gasteiger partial charge on any atom is -0.481 e. The van der Waals surface area contributed by atoms with E-state index in [0.717, 1.165) is 5.56 Å². The maximum absolute atomic E-state index is 13.0. The van der Waals surface area contributed by atoms with E-state index in [1.807, 2.05) is 0 Å². The van der Waals surface area contributed by atoms with Crippen LogP contribution in [0.25, 0.3) is 0 Å². The zero-order valence-corrected chi connectivity index (χ0v) is 13.2. The van der Waals surface area contributed by atoms with E-state index in [2.05, 4.69) is 5.32 Å². The quantitative estimate of drug-likeness (QED) is 0.814. The molecular weight excluding hydrogens is 321 g/mol. The second kappa shape index (κ2) is 7.85. The molecule has 1 aromatic carbocycles. The van der Waals surface area contributed by atoms with Crippen molar-refractivity contribution >= 4 is 23.2 Å². The Labute approximate surface area is 136 Å². The van der Waals surface area contributed by atoms with Crippen LogP contribution in [0.3, 0.4) is 0 Å². The number of aliphatic carboxylic acids is 1. The molecule has 0 radical (unpaired) electrons. The van der Waals surface area contributed by atoms with Crippen LogP contribution < -0.4 is 5.32 Å². The third-order valence-corrected chi connectivity index (χ3v) is 4.16. The molecule has 0 spiro atoms. The Hall–Kier alpha value is -2.25. The number of ether oxygens (including phenoxy) is 1. The first-order valence-electron chi connectivity index (χ1n) is 6.84. The number of carbonyl (C=O) groups excluding carboxylic acids is 1. The molecule has 0 aliphatic carbocycles. The molecular formula is C16H16FNO4S. The summed E-state index contributed by atoms with van der Waals surface area (Å²) in [6, 6.07) is 6.45. The van der Waals surface area contributed by atoms with E-state index in [9.17, 15) is 14.0 Å². The lowest BCUT2D eigenvalue weighted by Crippen LogP contribution is -2.30. The van der Waals surface area contributed by atoms with Gasteiger partial charge in [-0.25, -0.2) is 4.39 Å².